The Morgan fingerprint density at radius 1 is 1.04 bits per heavy atom. The first-order chi connectivity index (χ1) is 13.3. The van der Waals surface area contributed by atoms with Gasteiger partial charge in [-0.25, -0.2) is 0 Å². The van der Waals surface area contributed by atoms with E-state index in [-0.39, 0.29) is 0 Å². The molecule has 0 bridgehead atoms. The third-order valence-corrected chi connectivity index (χ3v) is 4.98. The first-order valence-electron chi connectivity index (χ1n) is 9.63. The van der Waals surface area contributed by atoms with Crippen molar-refractivity contribution in [3.63, 3.8) is 0 Å². The number of fused-ring (bicyclic) bond motifs is 2. The number of unbranched alkanes of at least 4 members (excludes halogenated alkanes) is 1. The standard InChI is InChI=1S/C23H25N3O/c1-2-27-16-11-12-22-20(15-16)19(7-3-4-13-24)23(26-22)18-8-5-10-21-17(18)9-6-14-25-21/h5-6,8-12,14-15,26H,2-4,7,13,24H2,1H3. The minimum atomic E-state index is 0.667. The lowest BCUT2D eigenvalue weighted by Crippen LogP contribution is -1.99. The van der Waals surface area contributed by atoms with Gasteiger partial charge in [0, 0.05) is 28.0 Å². The lowest BCUT2D eigenvalue weighted by atomic mass is 9.97. The molecule has 4 aromatic rings. The van der Waals surface area contributed by atoms with Gasteiger partial charge in [0.2, 0.25) is 0 Å². The van der Waals surface area contributed by atoms with Crippen LogP contribution >= 0.6 is 0 Å². The number of H-pyrrole nitrogens is 1. The Morgan fingerprint density at radius 2 is 1.96 bits per heavy atom. The molecule has 0 aliphatic heterocycles. The third kappa shape index (κ3) is 3.40. The van der Waals surface area contributed by atoms with E-state index in [1.165, 1.54) is 22.2 Å². The van der Waals surface area contributed by atoms with Crippen LogP contribution in [0.3, 0.4) is 0 Å². The largest absolute Gasteiger partial charge is 0.494 e. The molecule has 3 N–H and O–H groups in total. The molecule has 2 heterocycles. The van der Waals surface area contributed by atoms with Crippen LogP contribution in [0.15, 0.2) is 54.7 Å². The number of hydrogen-bond acceptors (Lipinski definition) is 3. The van der Waals surface area contributed by atoms with Gasteiger partial charge in [-0.3, -0.25) is 4.98 Å². The number of rotatable bonds is 7. The summed E-state index contributed by atoms with van der Waals surface area (Å²) >= 11 is 0. The maximum atomic E-state index is 5.74. The van der Waals surface area contributed by atoms with Crippen molar-refractivity contribution in [3.8, 4) is 17.0 Å². The van der Waals surface area contributed by atoms with E-state index < -0.39 is 0 Å². The van der Waals surface area contributed by atoms with Gasteiger partial charge in [0.25, 0.3) is 0 Å². The Bertz CT molecular complexity index is 1060. The second-order valence-corrected chi connectivity index (χ2v) is 6.74. The molecule has 0 aliphatic carbocycles. The van der Waals surface area contributed by atoms with Gasteiger partial charge in [-0.2, -0.15) is 0 Å². The second-order valence-electron chi connectivity index (χ2n) is 6.74. The van der Waals surface area contributed by atoms with E-state index in [0.29, 0.717) is 6.61 Å². The van der Waals surface area contributed by atoms with Crippen molar-refractivity contribution in [3.05, 3.63) is 60.3 Å². The number of aromatic nitrogens is 2. The highest BCUT2D eigenvalue weighted by Crippen LogP contribution is 2.36. The highest BCUT2D eigenvalue weighted by Gasteiger charge is 2.16. The van der Waals surface area contributed by atoms with Crippen LogP contribution in [0.1, 0.15) is 25.3 Å². The summed E-state index contributed by atoms with van der Waals surface area (Å²) in [5.41, 5.74) is 11.6. The van der Waals surface area contributed by atoms with Crippen LogP contribution in [0, 0.1) is 0 Å². The normalized spacial score (nSPS) is 11.3. The molecule has 0 saturated heterocycles. The Balaban J connectivity index is 1.91. The van der Waals surface area contributed by atoms with Crippen LogP contribution in [-0.4, -0.2) is 23.1 Å². The summed E-state index contributed by atoms with van der Waals surface area (Å²) in [6.45, 7) is 3.40. The fourth-order valence-electron chi connectivity index (χ4n) is 3.74. The van der Waals surface area contributed by atoms with Crippen molar-refractivity contribution in [2.75, 3.05) is 13.2 Å². The number of nitrogens with one attached hydrogen (secondary N) is 1. The van der Waals surface area contributed by atoms with Crippen molar-refractivity contribution in [1.82, 2.24) is 9.97 Å². The Hall–Kier alpha value is -2.85. The summed E-state index contributed by atoms with van der Waals surface area (Å²) < 4.78 is 5.74. The van der Waals surface area contributed by atoms with Crippen LogP contribution < -0.4 is 10.5 Å². The zero-order valence-electron chi connectivity index (χ0n) is 15.7. The minimum absolute atomic E-state index is 0.667. The Morgan fingerprint density at radius 3 is 2.81 bits per heavy atom. The molecule has 138 valence electrons. The SMILES string of the molecule is CCOc1ccc2[nH]c(-c3cccc4ncccc34)c(CCCCN)c2c1. The first-order valence-corrected chi connectivity index (χ1v) is 9.63. The van der Waals surface area contributed by atoms with E-state index in [1.807, 2.05) is 25.3 Å². The van der Waals surface area contributed by atoms with E-state index in [2.05, 4.69) is 46.4 Å². The van der Waals surface area contributed by atoms with Crippen molar-refractivity contribution in [2.45, 2.75) is 26.2 Å². The molecule has 0 amide bonds. The zero-order valence-corrected chi connectivity index (χ0v) is 15.7. The van der Waals surface area contributed by atoms with Gasteiger partial charge in [-0.1, -0.05) is 18.2 Å². The summed E-state index contributed by atoms with van der Waals surface area (Å²) in [7, 11) is 0. The fraction of sp³-hybridized carbons (Fsp3) is 0.261. The maximum absolute atomic E-state index is 5.74. The van der Waals surface area contributed by atoms with E-state index in [1.54, 1.807) is 0 Å². The molecule has 0 saturated carbocycles. The molecule has 0 fully saturated rings. The summed E-state index contributed by atoms with van der Waals surface area (Å²) in [6.07, 6.45) is 4.92. The molecule has 2 aromatic heterocycles. The zero-order chi connectivity index (χ0) is 18.6. The number of hydrogen-bond donors (Lipinski definition) is 2. The fourth-order valence-corrected chi connectivity index (χ4v) is 3.74. The predicted molar refractivity (Wildman–Crippen MR) is 112 cm³/mol. The maximum Gasteiger partial charge on any atom is 0.120 e. The number of aryl methyl sites for hydroxylation is 1. The lowest BCUT2D eigenvalue weighted by Gasteiger charge is -2.09. The Kier molecular flexibility index (Phi) is 5.07. The van der Waals surface area contributed by atoms with Gasteiger partial charge in [0.1, 0.15) is 5.75 Å². The average Bonchev–Trinajstić information content (AvgIpc) is 3.06. The van der Waals surface area contributed by atoms with Gasteiger partial charge in [0.05, 0.1) is 17.8 Å². The highest BCUT2D eigenvalue weighted by atomic mass is 16.5. The number of aromatic amines is 1. The predicted octanol–water partition coefficient (Wildman–Crippen LogP) is 5.06. The van der Waals surface area contributed by atoms with Gasteiger partial charge in [-0.15, -0.1) is 0 Å². The van der Waals surface area contributed by atoms with Crippen molar-refractivity contribution in [1.29, 1.82) is 0 Å². The molecule has 4 rings (SSSR count). The minimum Gasteiger partial charge on any atom is -0.494 e. The molecule has 0 atom stereocenters. The number of ether oxygens (including phenoxy) is 1. The highest BCUT2D eigenvalue weighted by molar-refractivity contribution is 5.99. The second kappa shape index (κ2) is 7.80. The van der Waals surface area contributed by atoms with Gasteiger partial charge >= 0.3 is 0 Å². The number of benzene rings is 2. The molecular formula is C23H25N3O. The van der Waals surface area contributed by atoms with Gasteiger partial charge < -0.3 is 15.5 Å². The molecule has 2 aromatic carbocycles. The molecule has 0 radical (unpaired) electrons. The molecule has 4 heteroatoms. The van der Waals surface area contributed by atoms with Crippen LogP contribution in [0.5, 0.6) is 5.75 Å². The lowest BCUT2D eigenvalue weighted by molar-refractivity contribution is 0.340. The topological polar surface area (TPSA) is 63.9 Å². The van der Waals surface area contributed by atoms with Crippen molar-refractivity contribution in [2.24, 2.45) is 5.73 Å². The van der Waals surface area contributed by atoms with E-state index in [4.69, 9.17) is 10.5 Å². The molecule has 0 spiro atoms. The smallest absolute Gasteiger partial charge is 0.120 e. The van der Waals surface area contributed by atoms with Crippen molar-refractivity contribution >= 4 is 21.8 Å². The van der Waals surface area contributed by atoms with E-state index in [0.717, 1.165) is 48.0 Å². The molecule has 4 nitrogen and oxygen atoms in total. The van der Waals surface area contributed by atoms with Crippen LogP contribution in [0.2, 0.25) is 0 Å². The quantitative estimate of drug-likeness (QED) is 0.453. The van der Waals surface area contributed by atoms with Crippen LogP contribution in [0.4, 0.5) is 0 Å². The summed E-state index contributed by atoms with van der Waals surface area (Å²) in [6, 6.07) is 16.7. The number of nitrogens with zero attached hydrogens (tertiary/aromatic N) is 1. The number of nitrogens with two attached hydrogens (primary N) is 1. The van der Waals surface area contributed by atoms with E-state index >= 15 is 0 Å². The molecule has 0 unspecified atom stereocenters. The van der Waals surface area contributed by atoms with Crippen LogP contribution in [-0.2, 0) is 6.42 Å². The third-order valence-electron chi connectivity index (χ3n) is 4.98. The number of pyridine rings is 1. The molecular weight excluding hydrogens is 334 g/mol. The van der Waals surface area contributed by atoms with Crippen molar-refractivity contribution < 1.29 is 4.74 Å². The van der Waals surface area contributed by atoms with Gasteiger partial charge in [0.15, 0.2) is 0 Å². The average molecular weight is 359 g/mol. The summed E-state index contributed by atoms with van der Waals surface area (Å²) in [5, 5.41) is 2.39. The monoisotopic (exact) mass is 359 g/mol. The first kappa shape index (κ1) is 17.6. The van der Waals surface area contributed by atoms with E-state index in [9.17, 15) is 0 Å². The summed E-state index contributed by atoms with van der Waals surface area (Å²) in [5.74, 6) is 0.912. The molecule has 27 heavy (non-hydrogen) atoms. The summed E-state index contributed by atoms with van der Waals surface area (Å²) in [4.78, 5) is 8.17. The van der Waals surface area contributed by atoms with Gasteiger partial charge in [-0.05, 0) is 68.6 Å². The van der Waals surface area contributed by atoms with Crippen LogP contribution in [0.25, 0.3) is 33.1 Å². The Labute approximate surface area is 159 Å². The molecule has 0 aliphatic rings.